The standard InChI is InChI=1S/C14H14IN3O4S/c1-2-22-12(20)8-7-11(19)16-14(23)18-17-13(21)9-5-3-4-6-10(9)15/h3-8H,2H2,1H3,(H,17,21)(H2,16,18,19,23)/b8-7+. The number of benzene rings is 1. The first kappa shape index (κ1) is 19.0. The fourth-order valence-corrected chi connectivity index (χ4v) is 2.13. The molecule has 0 aliphatic carbocycles. The van der Waals surface area contributed by atoms with Crippen LogP contribution in [0.15, 0.2) is 36.4 Å². The van der Waals surface area contributed by atoms with Crippen LogP contribution in [0.3, 0.4) is 0 Å². The zero-order valence-electron chi connectivity index (χ0n) is 12.1. The van der Waals surface area contributed by atoms with Gasteiger partial charge in [0.2, 0.25) is 5.91 Å². The smallest absolute Gasteiger partial charge is 0.330 e. The van der Waals surface area contributed by atoms with Gasteiger partial charge in [-0.3, -0.25) is 25.8 Å². The van der Waals surface area contributed by atoms with Crippen molar-refractivity contribution in [3.05, 3.63) is 45.6 Å². The van der Waals surface area contributed by atoms with Crippen LogP contribution in [0.5, 0.6) is 0 Å². The molecule has 0 fully saturated rings. The highest BCUT2D eigenvalue weighted by Gasteiger charge is 2.09. The summed E-state index contributed by atoms with van der Waals surface area (Å²) < 4.78 is 5.40. The Bertz CT molecular complexity index is 649. The quantitative estimate of drug-likeness (QED) is 0.210. The molecule has 0 aromatic heterocycles. The molecule has 3 N–H and O–H groups in total. The van der Waals surface area contributed by atoms with Gasteiger partial charge >= 0.3 is 5.97 Å². The van der Waals surface area contributed by atoms with E-state index in [9.17, 15) is 14.4 Å². The Labute approximate surface area is 151 Å². The third kappa shape index (κ3) is 7.19. The number of amides is 2. The summed E-state index contributed by atoms with van der Waals surface area (Å²) in [4.78, 5) is 34.4. The van der Waals surface area contributed by atoms with Gasteiger partial charge in [0.05, 0.1) is 12.2 Å². The SMILES string of the molecule is CCOC(=O)/C=C/C(=O)NC(=S)NNC(=O)c1ccccc1I. The van der Waals surface area contributed by atoms with Crippen LogP contribution >= 0.6 is 34.8 Å². The first-order valence-corrected chi connectivity index (χ1v) is 7.93. The highest BCUT2D eigenvalue weighted by molar-refractivity contribution is 14.1. The number of hydrogen-bond donors (Lipinski definition) is 3. The molecule has 7 nitrogen and oxygen atoms in total. The summed E-state index contributed by atoms with van der Waals surface area (Å²) in [6.45, 7) is 1.87. The Morgan fingerprint density at radius 3 is 2.57 bits per heavy atom. The number of halogens is 1. The number of rotatable bonds is 4. The largest absolute Gasteiger partial charge is 0.463 e. The normalized spacial score (nSPS) is 10.0. The van der Waals surface area contributed by atoms with Gasteiger partial charge in [0.25, 0.3) is 5.91 Å². The van der Waals surface area contributed by atoms with E-state index in [1.807, 2.05) is 28.7 Å². The minimum Gasteiger partial charge on any atom is -0.463 e. The molecule has 0 spiro atoms. The van der Waals surface area contributed by atoms with Crippen molar-refractivity contribution in [2.24, 2.45) is 0 Å². The molecule has 0 unspecified atom stereocenters. The van der Waals surface area contributed by atoms with E-state index in [0.29, 0.717) is 5.56 Å². The minimum absolute atomic E-state index is 0.109. The molecule has 0 radical (unpaired) electrons. The molecule has 122 valence electrons. The molecule has 1 rings (SSSR count). The Kier molecular flexibility index (Phi) is 8.19. The highest BCUT2D eigenvalue weighted by atomic mass is 127. The van der Waals surface area contributed by atoms with Crippen molar-refractivity contribution in [2.75, 3.05) is 6.61 Å². The van der Waals surface area contributed by atoms with Crippen LogP contribution in [0.25, 0.3) is 0 Å². The van der Waals surface area contributed by atoms with Gasteiger partial charge in [0, 0.05) is 15.7 Å². The monoisotopic (exact) mass is 447 g/mol. The average molecular weight is 447 g/mol. The predicted octanol–water partition coefficient (Wildman–Crippen LogP) is 1.05. The van der Waals surface area contributed by atoms with Crippen molar-refractivity contribution in [2.45, 2.75) is 6.92 Å². The number of carbonyl (C=O) groups excluding carboxylic acids is 3. The first-order chi connectivity index (χ1) is 10.9. The van der Waals surface area contributed by atoms with E-state index in [0.717, 1.165) is 15.7 Å². The van der Waals surface area contributed by atoms with Crippen LogP contribution in [0, 0.1) is 3.57 Å². The number of ether oxygens (including phenoxy) is 1. The maximum Gasteiger partial charge on any atom is 0.330 e. The van der Waals surface area contributed by atoms with Crippen molar-refractivity contribution >= 4 is 57.7 Å². The van der Waals surface area contributed by atoms with Crippen molar-refractivity contribution in [3.8, 4) is 0 Å². The number of thiocarbonyl (C=S) groups is 1. The molecule has 0 aliphatic rings. The summed E-state index contributed by atoms with van der Waals surface area (Å²) in [6, 6.07) is 6.99. The number of carbonyl (C=O) groups is 3. The Morgan fingerprint density at radius 1 is 1.22 bits per heavy atom. The molecule has 2 amide bonds. The van der Waals surface area contributed by atoms with E-state index in [2.05, 4.69) is 20.9 Å². The van der Waals surface area contributed by atoms with Gasteiger partial charge in [-0.25, -0.2) is 4.79 Å². The van der Waals surface area contributed by atoms with E-state index >= 15 is 0 Å². The lowest BCUT2D eigenvalue weighted by Crippen LogP contribution is -2.48. The first-order valence-electron chi connectivity index (χ1n) is 6.44. The van der Waals surface area contributed by atoms with E-state index in [1.54, 1.807) is 25.1 Å². The Hall–Kier alpha value is -2.01. The summed E-state index contributed by atoms with van der Waals surface area (Å²) >= 11 is 6.88. The zero-order chi connectivity index (χ0) is 17.2. The number of esters is 1. The highest BCUT2D eigenvalue weighted by Crippen LogP contribution is 2.10. The van der Waals surface area contributed by atoms with E-state index < -0.39 is 17.8 Å². The summed E-state index contributed by atoms with van der Waals surface area (Å²) in [7, 11) is 0. The van der Waals surface area contributed by atoms with Crippen LogP contribution in [0.1, 0.15) is 17.3 Å². The molecule has 1 aromatic rings. The fraction of sp³-hybridized carbons (Fsp3) is 0.143. The summed E-state index contributed by atoms with van der Waals surface area (Å²) in [5.74, 6) is -1.65. The van der Waals surface area contributed by atoms with Gasteiger partial charge in [-0.05, 0) is 53.9 Å². The van der Waals surface area contributed by atoms with Crippen LogP contribution < -0.4 is 16.2 Å². The fourth-order valence-electron chi connectivity index (χ4n) is 1.35. The van der Waals surface area contributed by atoms with Gasteiger partial charge in [0.15, 0.2) is 5.11 Å². The molecule has 0 heterocycles. The van der Waals surface area contributed by atoms with Crippen molar-refractivity contribution in [1.29, 1.82) is 0 Å². The maximum absolute atomic E-state index is 11.9. The minimum atomic E-state index is -0.631. The van der Waals surface area contributed by atoms with Crippen LogP contribution in [-0.2, 0) is 14.3 Å². The second-order valence-corrected chi connectivity index (χ2v) is 5.53. The molecular formula is C14H14IN3O4S. The molecule has 0 saturated carbocycles. The third-order valence-electron chi connectivity index (χ3n) is 2.30. The lowest BCUT2D eigenvalue weighted by atomic mass is 10.2. The topological polar surface area (TPSA) is 96.5 Å². The number of nitrogens with one attached hydrogen (secondary N) is 3. The number of hydrazine groups is 1. The Balaban J connectivity index is 2.42. The van der Waals surface area contributed by atoms with Crippen molar-refractivity contribution in [1.82, 2.24) is 16.2 Å². The summed E-state index contributed by atoms with van der Waals surface area (Å²) in [6.07, 6.45) is 1.96. The van der Waals surface area contributed by atoms with Gasteiger partial charge in [-0.15, -0.1) is 0 Å². The second-order valence-electron chi connectivity index (χ2n) is 3.96. The van der Waals surface area contributed by atoms with Crippen molar-refractivity contribution in [3.63, 3.8) is 0 Å². The lowest BCUT2D eigenvalue weighted by molar-refractivity contribution is -0.137. The van der Waals surface area contributed by atoms with Gasteiger partial charge in [0.1, 0.15) is 0 Å². The van der Waals surface area contributed by atoms with Crippen LogP contribution in [-0.4, -0.2) is 29.5 Å². The summed E-state index contributed by atoms with van der Waals surface area (Å²) in [5.41, 5.74) is 5.23. The van der Waals surface area contributed by atoms with Gasteiger partial charge in [-0.2, -0.15) is 0 Å². The van der Waals surface area contributed by atoms with Crippen LogP contribution in [0.2, 0.25) is 0 Å². The lowest BCUT2D eigenvalue weighted by Gasteiger charge is -2.10. The molecule has 23 heavy (non-hydrogen) atoms. The van der Waals surface area contributed by atoms with Crippen molar-refractivity contribution < 1.29 is 19.1 Å². The average Bonchev–Trinajstić information content (AvgIpc) is 2.51. The molecule has 9 heteroatoms. The molecule has 0 bridgehead atoms. The van der Waals surface area contributed by atoms with E-state index in [1.165, 1.54) is 0 Å². The molecule has 0 aliphatic heterocycles. The summed E-state index contributed by atoms with van der Waals surface area (Å²) in [5, 5.41) is 2.16. The van der Waals surface area contributed by atoms with Gasteiger partial charge in [-0.1, -0.05) is 12.1 Å². The number of hydrogen-bond acceptors (Lipinski definition) is 5. The molecule has 0 saturated heterocycles. The predicted molar refractivity (Wildman–Crippen MR) is 96.3 cm³/mol. The zero-order valence-corrected chi connectivity index (χ0v) is 15.1. The Morgan fingerprint density at radius 2 is 1.91 bits per heavy atom. The van der Waals surface area contributed by atoms with E-state index in [-0.39, 0.29) is 11.7 Å². The molecule has 1 aromatic carbocycles. The molecule has 0 atom stereocenters. The third-order valence-corrected chi connectivity index (χ3v) is 3.45. The maximum atomic E-state index is 11.9. The second kappa shape index (κ2) is 9.90. The van der Waals surface area contributed by atoms with E-state index in [4.69, 9.17) is 12.2 Å². The van der Waals surface area contributed by atoms with Crippen LogP contribution in [0.4, 0.5) is 0 Å². The van der Waals surface area contributed by atoms with Gasteiger partial charge < -0.3 is 4.74 Å². The molecular weight excluding hydrogens is 433 g/mol.